The summed E-state index contributed by atoms with van der Waals surface area (Å²) >= 11 is 0. The van der Waals surface area contributed by atoms with Gasteiger partial charge in [0, 0.05) is 13.8 Å². The third-order valence-corrected chi connectivity index (χ3v) is 11.5. The quantitative estimate of drug-likeness (QED) is 0.0769. The molecule has 0 radical (unpaired) electrons. The van der Waals surface area contributed by atoms with Crippen LogP contribution in [0.4, 0.5) is 0 Å². The lowest BCUT2D eigenvalue weighted by molar-refractivity contribution is -0.393. The van der Waals surface area contributed by atoms with E-state index in [2.05, 4.69) is 10.6 Å². The van der Waals surface area contributed by atoms with Crippen molar-refractivity contribution in [1.82, 2.24) is 10.6 Å². The van der Waals surface area contributed by atoms with Crippen LogP contribution in [0.5, 0.6) is 0 Å². The van der Waals surface area contributed by atoms with Crippen LogP contribution < -0.4 is 10.6 Å². The lowest BCUT2D eigenvalue weighted by Gasteiger charge is -2.51. The third-order valence-electron chi connectivity index (χ3n) is 11.5. The second kappa shape index (κ2) is 22.0. The molecule has 26 nitrogen and oxygen atoms in total. The smallest absolute Gasteiger partial charge is 0.217 e. The van der Waals surface area contributed by atoms with Gasteiger partial charge in [-0.05, 0) is 34.6 Å². The summed E-state index contributed by atoms with van der Waals surface area (Å²) in [5.74, 6) is -1.31. The average molecular weight is 935 g/mol. The Hall–Kier alpha value is -1.94. The zero-order chi connectivity index (χ0) is 47.7. The van der Waals surface area contributed by atoms with Crippen molar-refractivity contribution in [1.29, 1.82) is 0 Å². The minimum absolute atomic E-state index is 0.561. The Morgan fingerprint density at radius 3 is 1.44 bits per heavy atom. The minimum atomic E-state index is -2.00. The second-order valence-electron chi connectivity index (χ2n) is 17.6. The predicted molar refractivity (Wildman–Crippen MR) is 206 cm³/mol. The van der Waals surface area contributed by atoms with Gasteiger partial charge in [-0.25, -0.2) is 0 Å². The fourth-order valence-corrected chi connectivity index (χ4v) is 8.03. The van der Waals surface area contributed by atoms with Gasteiger partial charge in [0.15, 0.2) is 31.5 Å². The first kappa shape index (κ1) is 53.0. The lowest BCUT2D eigenvalue weighted by atomic mass is 9.94. The highest BCUT2D eigenvalue weighted by Crippen LogP contribution is 2.36. The molecule has 15 unspecified atom stereocenters. The Morgan fingerprint density at radius 1 is 0.484 bits per heavy atom. The second-order valence-corrected chi connectivity index (χ2v) is 17.6. The Balaban J connectivity index is 1.50. The Bertz CT molecular complexity index is 1510. The van der Waals surface area contributed by atoms with Crippen LogP contribution >= 0.6 is 0 Å². The van der Waals surface area contributed by atoms with Crippen molar-refractivity contribution in [2.45, 2.75) is 207 Å². The van der Waals surface area contributed by atoms with E-state index in [9.17, 15) is 70.9 Å². The van der Waals surface area contributed by atoms with E-state index >= 15 is 0 Å². The largest absolute Gasteiger partial charge is 0.394 e. The fraction of sp³-hybridized carbons (Fsp3) is 0.947. The molecular weight excluding hydrogens is 868 g/mol. The van der Waals surface area contributed by atoms with Crippen LogP contribution in [0.25, 0.3) is 0 Å². The first-order valence-corrected chi connectivity index (χ1v) is 21.0. The normalized spacial score (nSPS) is 48.1. The van der Waals surface area contributed by atoms with Crippen LogP contribution in [0.1, 0.15) is 48.5 Å². The summed E-state index contributed by atoms with van der Waals surface area (Å²) in [4.78, 5) is 24.9. The van der Waals surface area contributed by atoms with Crippen molar-refractivity contribution in [2.24, 2.45) is 0 Å². The van der Waals surface area contributed by atoms with E-state index in [4.69, 9.17) is 47.4 Å². The first-order valence-electron chi connectivity index (χ1n) is 21.0. The van der Waals surface area contributed by atoms with Crippen molar-refractivity contribution in [3.63, 3.8) is 0 Å². The highest BCUT2D eigenvalue weighted by atomic mass is 16.8. The number of rotatable bonds is 14. The maximum absolute atomic E-state index is 12.9. The number of nitrogens with one attached hydrogen (secondary N) is 2. The summed E-state index contributed by atoms with van der Waals surface area (Å²) in [7, 11) is 0. The lowest BCUT2D eigenvalue weighted by Crippen LogP contribution is -2.70. The van der Waals surface area contributed by atoms with E-state index < -0.39 is 191 Å². The molecule has 0 aromatic carbocycles. The number of aliphatic hydroxyl groups excluding tert-OH is 12. The molecule has 14 N–H and O–H groups in total. The van der Waals surface area contributed by atoms with E-state index in [0.29, 0.717) is 0 Å². The third kappa shape index (κ3) is 12.0. The molecular formula is C38H66N2O24. The topological polar surface area (TPSA) is 393 Å². The van der Waals surface area contributed by atoms with E-state index in [1.807, 2.05) is 0 Å². The zero-order valence-electron chi connectivity index (χ0n) is 36.3. The molecule has 5 rings (SSSR count). The Kier molecular flexibility index (Phi) is 18.2. The van der Waals surface area contributed by atoms with Gasteiger partial charge in [-0.15, -0.1) is 0 Å². The first-order chi connectivity index (χ1) is 29.9. The van der Waals surface area contributed by atoms with Crippen molar-refractivity contribution >= 4 is 11.8 Å². The molecule has 0 aliphatic carbocycles. The molecule has 0 saturated carbocycles. The van der Waals surface area contributed by atoms with Crippen molar-refractivity contribution in [3.05, 3.63) is 0 Å². The van der Waals surface area contributed by atoms with Crippen LogP contribution in [0.15, 0.2) is 0 Å². The Labute approximate surface area is 367 Å². The summed E-state index contributed by atoms with van der Waals surface area (Å²) < 4.78 is 59.6. The van der Waals surface area contributed by atoms with E-state index in [0.717, 1.165) is 6.92 Å². The molecule has 2 amide bonds. The average Bonchev–Trinajstić information content (AvgIpc) is 3.22. The van der Waals surface area contributed by atoms with Crippen LogP contribution in [-0.4, -0.2) is 252 Å². The molecule has 0 bridgehead atoms. The summed E-state index contributed by atoms with van der Waals surface area (Å²) in [6.07, 6.45) is -38.8. The molecule has 5 saturated heterocycles. The van der Waals surface area contributed by atoms with Gasteiger partial charge in [-0.3, -0.25) is 9.59 Å². The highest BCUT2D eigenvalue weighted by molar-refractivity contribution is 5.73. The molecule has 26 heteroatoms. The maximum Gasteiger partial charge on any atom is 0.217 e. The standard InChI is InChI=1S/C38H66N2O24/c1-11-20(45)25(50)28(53)35(56-11)62-31-19(40-14(4)44)33(55-10-17-23(48)24(49)18(39-13(3)43)34(60-17)64-38(5,6)7)59-16(9-42)30(31)61-37-32(27(52)22(47)15(8-41)58-37)63-36-29(54)26(51)21(46)12(2)57-36/h11-12,15-37,41-42,45-54H,8-10H2,1-7H3,(H,39,43)(H,40,44)/t11?,12?,15?,16?,17?,18?,19?,20?,21-,22?,23?,24+,25+,26?,27-,28?,29-,30?,31+,32?,33+,34-,35+,36?,37-/m0/s1. The van der Waals surface area contributed by atoms with Gasteiger partial charge in [0.2, 0.25) is 11.8 Å². The van der Waals surface area contributed by atoms with Crippen LogP contribution in [-0.2, 0) is 57.0 Å². The van der Waals surface area contributed by atoms with Gasteiger partial charge in [-0.2, -0.15) is 0 Å². The van der Waals surface area contributed by atoms with E-state index in [1.165, 1.54) is 20.8 Å². The van der Waals surface area contributed by atoms with Gasteiger partial charge < -0.3 is 119 Å². The van der Waals surface area contributed by atoms with E-state index in [-0.39, 0.29) is 0 Å². The minimum Gasteiger partial charge on any atom is -0.394 e. The molecule has 0 aromatic heterocycles. The summed E-state index contributed by atoms with van der Waals surface area (Å²) in [6, 6.07) is -2.82. The molecule has 64 heavy (non-hydrogen) atoms. The molecule has 372 valence electrons. The molecule has 0 spiro atoms. The maximum atomic E-state index is 12.9. The van der Waals surface area contributed by atoms with Crippen LogP contribution in [0.2, 0.25) is 0 Å². The summed E-state index contributed by atoms with van der Waals surface area (Å²) in [5.41, 5.74) is -0.887. The van der Waals surface area contributed by atoms with Gasteiger partial charge in [0.1, 0.15) is 110 Å². The number of hydrogen-bond donors (Lipinski definition) is 14. The molecule has 25 atom stereocenters. The Morgan fingerprint density at radius 2 is 0.938 bits per heavy atom. The number of amides is 2. The number of carbonyl (C=O) groups excluding carboxylic acids is 2. The van der Waals surface area contributed by atoms with Gasteiger partial charge in [0.25, 0.3) is 0 Å². The van der Waals surface area contributed by atoms with Crippen molar-refractivity contribution in [3.8, 4) is 0 Å². The number of ether oxygens (including phenoxy) is 10. The van der Waals surface area contributed by atoms with Crippen LogP contribution in [0.3, 0.4) is 0 Å². The fourth-order valence-electron chi connectivity index (χ4n) is 8.03. The van der Waals surface area contributed by atoms with Crippen molar-refractivity contribution in [2.75, 3.05) is 19.8 Å². The van der Waals surface area contributed by atoms with Gasteiger partial charge in [0.05, 0.1) is 37.6 Å². The summed E-state index contributed by atoms with van der Waals surface area (Å²) in [6.45, 7) is 7.55. The SMILES string of the molecule is CC(=O)NC1[C@H](OC(C)(C)C)OC(CO[C@@H]2OC(CO)C(O[C@@H]3OC(CO)C(O)[C@H](O)C3OC3OC(C)[C@H](O)C(O)[C@@H]3O)[C@H](O[C@H]3OC(C)C(O)[C@@H](O)C3O)C2NC(C)=O)C(O)[C@@H]1O. The molecule has 5 aliphatic heterocycles. The predicted octanol–water partition coefficient (Wildman–Crippen LogP) is -7.76. The number of hydrogen-bond acceptors (Lipinski definition) is 24. The number of carbonyl (C=O) groups is 2. The monoisotopic (exact) mass is 934 g/mol. The number of aliphatic hydroxyl groups is 12. The molecule has 0 aromatic rings. The molecule has 5 aliphatic rings. The molecule has 5 fully saturated rings. The van der Waals surface area contributed by atoms with Crippen molar-refractivity contribution < 1.29 is 118 Å². The highest BCUT2D eigenvalue weighted by Gasteiger charge is 2.57. The zero-order valence-corrected chi connectivity index (χ0v) is 36.3. The van der Waals surface area contributed by atoms with Gasteiger partial charge >= 0.3 is 0 Å². The van der Waals surface area contributed by atoms with Gasteiger partial charge in [-0.1, -0.05) is 0 Å². The molecule has 5 heterocycles. The summed E-state index contributed by atoms with van der Waals surface area (Å²) in [5, 5.41) is 134. The van der Waals surface area contributed by atoms with Crippen LogP contribution in [0, 0.1) is 0 Å². The van der Waals surface area contributed by atoms with E-state index in [1.54, 1.807) is 20.8 Å².